The summed E-state index contributed by atoms with van der Waals surface area (Å²) in [5, 5.41) is 3.49. The van der Waals surface area contributed by atoms with Crippen molar-refractivity contribution < 1.29 is 9.53 Å². The van der Waals surface area contributed by atoms with Gasteiger partial charge in [0, 0.05) is 32.9 Å². The Morgan fingerprint density at radius 2 is 1.92 bits per heavy atom. The second kappa shape index (κ2) is 6.44. The van der Waals surface area contributed by atoms with Gasteiger partial charge in [0.1, 0.15) is 5.75 Å². The number of rotatable bonds is 3. The number of hydrogen-bond acceptors (Lipinski definition) is 3. The highest BCUT2D eigenvalue weighted by Gasteiger charge is 2.28. The SMILES string of the molecule is COc1ccc2c(c1)C(=CC(=O)c1ccc(Br)cc1)NC(C)(C)C2. The van der Waals surface area contributed by atoms with Crippen LogP contribution in [-0.2, 0) is 6.42 Å². The van der Waals surface area contributed by atoms with Gasteiger partial charge in [-0.15, -0.1) is 0 Å². The summed E-state index contributed by atoms with van der Waals surface area (Å²) >= 11 is 3.39. The number of benzene rings is 2. The number of allylic oxidation sites excluding steroid dienone is 1. The summed E-state index contributed by atoms with van der Waals surface area (Å²) < 4.78 is 6.30. The number of hydrogen-bond donors (Lipinski definition) is 1. The van der Waals surface area contributed by atoms with E-state index in [1.807, 2.05) is 36.4 Å². The summed E-state index contributed by atoms with van der Waals surface area (Å²) in [6, 6.07) is 13.4. The fourth-order valence-corrected chi connectivity index (χ4v) is 3.25. The molecule has 0 spiro atoms. The third kappa shape index (κ3) is 3.54. The molecule has 0 fully saturated rings. The van der Waals surface area contributed by atoms with E-state index in [2.05, 4.69) is 41.2 Å². The molecule has 4 heteroatoms. The van der Waals surface area contributed by atoms with E-state index in [1.54, 1.807) is 13.2 Å². The molecule has 3 rings (SSSR count). The Bertz CT molecular complexity index is 807. The summed E-state index contributed by atoms with van der Waals surface area (Å²) in [5.41, 5.74) is 3.65. The van der Waals surface area contributed by atoms with E-state index in [0.717, 1.165) is 27.9 Å². The number of halogens is 1. The van der Waals surface area contributed by atoms with E-state index in [4.69, 9.17) is 4.74 Å². The van der Waals surface area contributed by atoms with Crippen LogP contribution in [0.25, 0.3) is 5.70 Å². The first kappa shape index (κ1) is 16.8. The van der Waals surface area contributed by atoms with Crippen LogP contribution in [0.2, 0.25) is 0 Å². The average Bonchev–Trinajstić information content (AvgIpc) is 2.54. The van der Waals surface area contributed by atoms with E-state index in [9.17, 15) is 4.79 Å². The average molecular weight is 386 g/mol. The minimum Gasteiger partial charge on any atom is -0.497 e. The Morgan fingerprint density at radius 1 is 1.21 bits per heavy atom. The molecule has 0 aromatic heterocycles. The van der Waals surface area contributed by atoms with Gasteiger partial charge < -0.3 is 10.1 Å². The predicted octanol–water partition coefficient (Wildman–Crippen LogP) is 4.61. The van der Waals surface area contributed by atoms with Crippen LogP contribution in [-0.4, -0.2) is 18.4 Å². The van der Waals surface area contributed by atoms with Crippen LogP contribution in [0.3, 0.4) is 0 Å². The number of nitrogens with one attached hydrogen (secondary N) is 1. The molecule has 0 radical (unpaired) electrons. The Labute approximate surface area is 150 Å². The van der Waals surface area contributed by atoms with Gasteiger partial charge >= 0.3 is 0 Å². The van der Waals surface area contributed by atoms with Crippen LogP contribution in [0.1, 0.15) is 35.3 Å². The van der Waals surface area contributed by atoms with Gasteiger partial charge in [0.05, 0.1) is 7.11 Å². The van der Waals surface area contributed by atoms with E-state index in [1.165, 1.54) is 5.56 Å². The molecule has 0 atom stereocenters. The fraction of sp³-hybridized carbons (Fsp3) is 0.250. The van der Waals surface area contributed by atoms with Crippen molar-refractivity contribution in [1.82, 2.24) is 5.32 Å². The lowest BCUT2D eigenvalue weighted by molar-refractivity contribution is 0.104. The summed E-state index contributed by atoms with van der Waals surface area (Å²) in [6.45, 7) is 4.27. The van der Waals surface area contributed by atoms with E-state index >= 15 is 0 Å². The minimum absolute atomic E-state index is 0.0172. The summed E-state index contributed by atoms with van der Waals surface area (Å²) in [7, 11) is 1.65. The second-order valence-electron chi connectivity index (χ2n) is 6.64. The molecule has 0 bridgehead atoms. The van der Waals surface area contributed by atoms with Crippen molar-refractivity contribution in [3.8, 4) is 5.75 Å². The van der Waals surface area contributed by atoms with Crippen molar-refractivity contribution in [1.29, 1.82) is 0 Å². The lowest BCUT2D eigenvalue weighted by Crippen LogP contribution is -2.43. The van der Waals surface area contributed by atoms with Crippen molar-refractivity contribution in [2.45, 2.75) is 25.8 Å². The predicted molar refractivity (Wildman–Crippen MR) is 100 cm³/mol. The summed E-state index contributed by atoms with van der Waals surface area (Å²) in [6.07, 6.45) is 2.58. The van der Waals surface area contributed by atoms with Gasteiger partial charge in [0.15, 0.2) is 5.78 Å². The molecule has 1 aliphatic heterocycles. The lowest BCUT2D eigenvalue weighted by Gasteiger charge is -2.35. The van der Waals surface area contributed by atoms with Crippen molar-refractivity contribution in [2.24, 2.45) is 0 Å². The molecule has 0 amide bonds. The van der Waals surface area contributed by atoms with Gasteiger partial charge in [-0.3, -0.25) is 4.79 Å². The molecule has 3 nitrogen and oxygen atoms in total. The Balaban J connectivity index is 2.03. The van der Waals surface area contributed by atoms with Gasteiger partial charge in [-0.1, -0.05) is 22.0 Å². The monoisotopic (exact) mass is 385 g/mol. The molecular formula is C20H20BrNO2. The third-order valence-corrected chi connectivity index (χ3v) is 4.65. The molecule has 2 aromatic carbocycles. The number of carbonyl (C=O) groups is 1. The van der Waals surface area contributed by atoms with Crippen molar-refractivity contribution in [3.05, 3.63) is 69.7 Å². The molecular weight excluding hydrogens is 366 g/mol. The Hall–Kier alpha value is -2.07. The normalized spacial score (nSPS) is 17.1. The largest absolute Gasteiger partial charge is 0.497 e. The van der Waals surface area contributed by atoms with Crippen LogP contribution in [0.4, 0.5) is 0 Å². The van der Waals surface area contributed by atoms with Gasteiger partial charge in [0.25, 0.3) is 0 Å². The van der Waals surface area contributed by atoms with Crippen molar-refractivity contribution in [3.63, 3.8) is 0 Å². The molecule has 2 aromatic rings. The molecule has 0 saturated carbocycles. The number of carbonyl (C=O) groups excluding carboxylic acids is 1. The Kier molecular flexibility index (Phi) is 4.50. The molecule has 0 saturated heterocycles. The van der Waals surface area contributed by atoms with Crippen molar-refractivity contribution in [2.75, 3.05) is 7.11 Å². The smallest absolute Gasteiger partial charge is 0.187 e. The summed E-state index contributed by atoms with van der Waals surface area (Å²) in [5.74, 6) is 0.772. The maximum absolute atomic E-state index is 12.6. The zero-order valence-corrected chi connectivity index (χ0v) is 15.6. The third-order valence-electron chi connectivity index (χ3n) is 4.12. The van der Waals surface area contributed by atoms with Crippen LogP contribution in [0.5, 0.6) is 5.75 Å². The molecule has 124 valence electrons. The van der Waals surface area contributed by atoms with Crippen LogP contribution >= 0.6 is 15.9 Å². The molecule has 0 aliphatic carbocycles. The Morgan fingerprint density at radius 3 is 2.58 bits per heavy atom. The van der Waals surface area contributed by atoms with E-state index in [-0.39, 0.29) is 11.3 Å². The van der Waals surface area contributed by atoms with Crippen molar-refractivity contribution >= 4 is 27.4 Å². The van der Waals surface area contributed by atoms with E-state index < -0.39 is 0 Å². The maximum Gasteiger partial charge on any atom is 0.187 e. The highest BCUT2D eigenvalue weighted by Crippen LogP contribution is 2.32. The first-order valence-electron chi connectivity index (χ1n) is 7.85. The fourth-order valence-electron chi connectivity index (χ4n) is 2.98. The first-order valence-corrected chi connectivity index (χ1v) is 8.64. The van der Waals surface area contributed by atoms with Gasteiger partial charge in [0.2, 0.25) is 0 Å². The van der Waals surface area contributed by atoms with Gasteiger partial charge in [-0.05, 0) is 62.2 Å². The van der Waals surface area contributed by atoms with Gasteiger partial charge in [-0.2, -0.15) is 0 Å². The first-order chi connectivity index (χ1) is 11.4. The van der Waals surface area contributed by atoms with Gasteiger partial charge in [-0.25, -0.2) is 0 Å². The molecule has 0 unspecified atom stereocenters. The quantitative estimate of drug-likeness (QED) is 0.619. The zero-order chi connectivity index (χ0) is 17.3. The lowest BCUT2D eigenvalue weighted by atomic mass is 9.85. The zero-order valence-electron chi connectivity index (χ0n) is 14.0. The molecule has 1 N–H and O–H groups in total. The number of ketones is 1. The molecule has 24 heavy (non-hydrogen) atoms. The highest BCUT2D eigenvalue weighted by molar-refractivity contribution is 9.10. The minimum atomic E-state index is -0.104. The maximum atomic E-state index is 12.6. The number of methoxy groups -OCH3 is 1. The van der Waals surface area contributed by atoms with Crippen LogP contribution < -0.4 is 10.1 Å². The standard InChI is InChI=1S/C20H20BrNO2/c1-20(2)12-14-6-9-16(24-3)10-17(14)18(22-20)11-19(23)13-4-7-15(21)8-5-13/h4-11,22H,12H2,1-3H3. The topological polar surface area (TPSA) is 38.3 Å². The van der Waals surface area contributed by atoms with E-state index in [0.29, 0.717) is 5.56 Å². The number of fused-ring (bicyclic) bond motifs is 1. The second-order valence-corrected chi connectivity index (χ2v) is 7.55. The molecule has 1 heterocycles. The summed E-state index contributed by atoms with van der Waals surface area (Å²) in [4.78, 5) is 12.6. The van der Waals surface area contributed by atoms with Crippen LogP contribution in [0.15, 0.2) is 53.0 Å². The highest BCUT2D eigenvalue weighted by atomic mass is 79.9. The molecule has 1 aliphatic rings. The number of ether oxygens (including phenoxy) is 1. The van der Waals surface area contributed by atoms with Crippen LogP contribution in [0, 0.1) is 0 Å².